The molecule has 2 aromatic rings. The fourth-order valence-corrected chi connectivity index (χ4v) is 2.97. The summed E-state index contributed by atoms with van der Waals surface area (Å²) in [7, 11) is 0. The molecule has 0 aromatic heterocycles. The van der Waals surface area contributed by atoms with Crippen molar-refractivity contribution >= 4 is 23.4 Å². The number of carbonyl (C=O) groups excluding carboxylic acids is 1. The fraction of sp³-hybridized carbons (Fsp3) is 0.304. The van der Waals surface area contributed by atoms with Crippen molar-refractivity contribution in [2.24, 2.45) is 5.10 Å². The number of hydrogen-bond donors (Lipinski definition) is 0. The third-order valence-corrected chi connectivity index (χ3v) is 4.52. The summed E-state index contributed by atoms with van der Waals surface area (Å²) < 4.78 is 5.78. The van der Waals surface area contributed by atoms with Crippen LogP contribution in [0.3, 0.4) is 0 Å². The van der Waals surface area contributed by atoms with Crippen LogP contribution in [0.15, 0.2) is 65.3 Å². The molecule has 0 fully saturated rings. The maximum Gasteiger partial charge on any atom is 0.280 e. The molecule has 1 aliphatic heterocycles. The van der Waals surface area contributed by atoms with Gasteiger partial charge < -0.3 is 4.74 Å². The maximum absolute atomic E-state index is 12.7. The van der Waals surface area contributed by atoms with Crippen molar-refractivity contribution in [1.82, 2.24) is 0 Å². The van der Waals surface area contributed by atoms with E-state index in [2.05, 4.69) is 12.0 Å². The van der Waals surface area contributed by atoms with Crippen LogP contribution >= 0.6 is 0 Å². The lowest BCUT2D eigenvalue weighted by molar-refractivity contribution is -0.114. The number of carbonyl (C=O) groups is 1. The molecule has 0 unspecified atom stereocenters. The summed E-state index contributed by atoms with van der Waals surface area (Å²) in [6, 6.07) is 17.3. The highest BCUT2D eigenvalue weighted by Gasteiger charge is 2.28. The summed E-state index contributed by atoms with van der Waals surface area (Å²) in [6.07, 6.45) is 6.66. The number of nitrogens with zero attached hydrogens (tertiary/aromatic N) is 2. The lowest BCUT2D eigenvalue weighted by atomic mass is 10.1. The van der Waals surface area contributed by atoms with E-state index in [1.165, 1.54) is 24.3 Å². The maximum atomic E-state index is 12.7. The number of benzene rings is 2. The molecule has 1 amide bonds. The average molecular weight is 362 g/mol. The van der Waals surface area contributed by atoms with Gasteiger partial charge in [0.2, 0.25) is 0 Å². The number of unbranched alkanes of at least 4 members (excludes halogenated alkanes) is 3. The second-order valence-corrected chi connectivity index (χ2v) is 6.67. The summed E-state index contributed by atoms with van der Waals surface area (Å²) in [6.45, 7) is 4.81. The summed E-state index contributed by atoms with van der Waals surface area (Å²) in [5, 5.41) is 5.86. The third-order valence-electron chi connectivity index (χ3n) is 4.52. The Kier molecular flexibility index (Phi) is 6.42. The van der Waals surface area contributed by atoms with E-state index in [9.17, 15) is 4.79 Å². The van der Waals surface area contributed by atoms with E-state index in [1.54, 1.807) is 0 Å². The zero-order chi connectivity index (χ0) is 19.1. The van der Waals surface area contributed by atoms with Crippen LogP contribution in [0.25, 0.3) is 6.08 Å². The van der Waals surface area contributed by atoms with Crippen LogP contribution in [-0.4, -0.2) is 18.2 Å². The minimum atomic E-state index is -0.102. The van der Waals surface area contributed by atoms with E-state index >= 15 is 0 Å². The van der Waals surface area contributed by atoms with E-state index in [1.807, 2.05) is 67.6 Å². The molecule has 0 spiro atoms. The van der Waals surface area contributed by atoms with Gasteiger partial charge in [-0.1, -0.05) is 56.5 Å². The first kappa shape index (κ1) is 18.9. The standard InChI is InChI=1S/C23H26N2O2/c1-3-4-5-9-16-27-21-14-12-19(13-15-21)17-22-18(2)24-25(23(22)26)20-10-7-6-8-11-20/h6-8,10-15,17H,3-5,9,16H2,1-2H3/b22-17+. The lowest BCUT2D eigenvalue weighted by Gasteiger charge is -2.11. The molecule has 0 saturated heterocycles. The van der Waals surface area contributed by atoms with Gasteiger partial charge in [0.15, 0.2) is 0 Å². The summed E-state index contributed by atoms with van der Waals surface area (Å²) in [4.78, 5) is 12.7. The predicted molar refractivity (Wildman–Crippen MR) is 111 cm³/mol. The highest BCUT2D eigenvalue weighted by atomic mass is 16.5. The van der Waals surface area contributed by atoms with Crippen molar-refractivity contribution < 1.29 is 9.53 Å². The molecule has 140 valence electrons. The Morgan fingerprint density at radius 1 is 1.00 bits per heavy atom. The second kappa shape index (κ2) is 9.17. The van der Waals surface area contributed by atoms with Crippen LogP contribution in [0.5, 0.6) is 5.75 Å². The smallest absolute Gasteiger partial charge is 0.280 e. The van der Waals surface area contributed by atoms with Crippen LogP contribution in [0.2, 0.25) is 0 Å². The van der Waals surface area contributed by atoms with Gasteiger partial charge in [-0.25, -0.2) is 0 Å². The van der Waals surface area contributed by atoms with Gasteiger partial charge in [0.1, 0.15) is 5.75 Å². The van der Waals surface area contributed by atoms with Crippen LogP contribution in [-0.2, 0) is 4.79 Å². The van der Waals surface area contributed by atoms with Crippen molar-refractivity contribution in [1.29, 1.82) is 0 Å². The zero-order valence-electron chi connectivity index (χ0n) is 16.0. The molecule has 0 saturated carbocycles. The first-order valence-electron chi connectivity index (χ1n) is 9.58. The molecular formula is C23H26N2O2. The summed E-state index contributed by atoms with van der Waals surface area (Å²) in [5.74, 6) is 0.762. The Labute approximate surface area is 161 Å². The normalized spacial score (nSPS) is 15.3. The van der Waals surface area contributed by atoms with E-state index in [-0.39, 0.29) is 5.91 Å². The minimum Gasteiger partial charge on any atom is -0.494 e. The molecule has 0 radical (unpaired) electrons. The molecule has 0 N–H and O–H groups in total. The number of hydrazone groups is 1. The Bertz CT molecular complexity index is 823. The van der Waals surface area contributed by atoms with Crippen LogP contribution in [0.1, 0.15) is 45.1 Å². The molecule has 0 atom stereocenters. The van der Waals surface area contributed by atoms with E-state index in [0.717, 1.165) is 35.7 Å². The van der Waals surface area contributed by atoms with Crippen LogP contribution in [0, 0.1) is 0 Å². The van der Waals surface area contributed by atoms with Gasteiger partial charge in [0.25, 0.3) is 5.91 Å². The monoisotopic (exact) mass is 362 g/mol. The third kappa shape index (κ3) is 4.85. The summed E-state index contributed by atoms with van der Waals surface area (Å²) >= 11 is 0. The number of amides is 1. The van der Waals surface area contributed by atoms with Gasteiger partial charge >= 0.3 is 0 Å². The van der Waals surface area contributed by atoms with Gasteiger partial charge in [0.05, 0.1) is 23.6 Å². The Morgan fingerprint density at radius 3 is 2.44 bits per heavy atom. The topological polar surface area (TPSA) is 41.9 Å². The van der Waals surface area contributed by atoms with E-state index < -0.39 is 0 Å². The van der Waals surface area contributed by atoms with Crippen molar-refractivity contribution in [2.75, 3.05) is 11.6 Å². The fourth-order valence-electron chi connectivity index (χ4n) is 2.97. The highest BCUT2D eigenvalue weighted by Crippen LogP contribution is 2.25. The van der Waals surface area contributed by atoms with Crippen molar-refractivity contribution in [3.63, 3.8) is 0 Å². The summed E-state index contributed by atoms with van der Waals surface area (Å²) in [5.41, 5.74) is 3.07. The van der Waals surface area contributed by atoms with Crippen molar-refractivity contribution in [3.8, 4) is 5.75 Å². The minimum absolute atomic E-state index is 0.102. The number of ether oxygens (including phenoxy) is 1. The largest absolute Gasteiger partial charge is 0.494 e. The first-order valence-corrected chi connectivity index (χ1v) is 9.58. The van der Waals surface area contributed by atoms with Gasteiger partial charge in [-0.2, -0.15) is 10.1 Å². The number of rotatable bonds is 8. The van der Waals surface area contributed by atoms with Crippen molar-refractivity contribution in [2.45, 2.75) is 39.5 Å². The highest BCUT2D eigenvalue weighted by molar-refractivity contribution is 6.32. The number of para-hydroxylation sites is 1. The molecule has 0 aliphatic carbocycles. The van der Waals surface area contributed by atoms with Crippen molar-refractivity contribution in [3.05, 3.63) is 65.7 Å². The Balaban J connectivity index is 1.64. The molecule has 2 aromatic carbocycles. The van der Waals surface area contributed by atoms with Crippen LogP contribution in [0.4, 0.5) is 5.69 Å². The Morgan fingerprint density at radius 2 is 1.74 bits per heavy atom. The molecule has 1 heterocycles. The van der Waals surface area contributed by atoms with E-state index in [0.29, 0.717) is 5.57 Å². The molecule has 27 heavy (non-hydrogen) atoms. The molecule has 3 rings (SSSR count). The molecular weight excluding hydrogens is 336 g/mol. The number of hydrogen-bond acceptors (Lipinski definition) is 3. The van der Waals surface area contributed by atoms with E-state index in [4.69, 9.17) is 4.74 Å². The predicted octanol–water partition coefficient (Wildman–Crippen LogP) is 5.45. The van der Waals surface area contributed by atoms with Gasteiger partial charge in [0, 0.05) is 0 Å². The number of anilines is 1. The molecule has 1 aliphatic rings. The van der Waals surface area contributed by atoms with Gasteiger partial charge in [-0.3, -0.25) is 4.79 Å². The van der Waals surface area contributed by atoms with Crippen LogP contribution < -0.4 is 9.75 Å². The first-order chi connectivity index (χ1) is 13.2. The zero-order valence-corrected chi connectivity index (χ0v) is 16.0. The average Bonchev–Trinajstić information content (AvgIpc) is 2.98. The Hall–Kier alpha value is -2.88. The molecule has 0 bridgehead atoms. The van der Waals surface area contributed by atoms with Gasteiger partial charge in [-0.15, -0.1) is 0 Å². The lowest BCUT2D eigenvalue weighted by Crippen LogP contribution is -2.21. The molecule has 4 heteroatoms. The second-order valence-electron chi connectivity index (χ2n) is 6.67. The van der Waals surface area contributed by atoms with Gasteiger partial charge in [-0.05, 0) is 49.2 Å². The SMILES string of the molecule is CCCCCCOc1ccc(/C=C2/C(=O)N(c3ccccc3)N=C2C)cc1. The molecule has 4 nitrogen and oxygen atoms in total. The quantitative estimate of drug-likeness (QED) is 0.463.